The molecule has 72 valence electrons. The summed E-state index contributed by atoms with van der Waals surface area (Å²) in [5, 5.41) is 4.85. The fourth-order valence-corrected chi connectivity index (χ4v) is 1.73. The third-order valence-electron chi connectivity index (χ3n) is 1.54. The fraction of sp³-hybridized carbons (Fsp3) is 0.222. The lowest BCUT2D eigenvalue weighted by Crippen LogP contribution is -1.91. The molecule has 0 saturated carbocycles. The molecule has 2 rings (SSSR count). The van der Waals surface area contributed by atoms with Crippen LogP contribution in [-0.4, -0.2) is 15.7 Å². The maximum absolute atomic E-state index is 4.32. The Morgan fingerprint density at radius 1 is 1.50 bits per heavy atom. The lowest BCUT2D eigenvalue weighted by Gasteiger charge is -1.92. The molecule has 0 unspecified atom stereocenters. The van der Waals surface area contributed by atoms with Gasteiger partial charge in [-0.15, -0.1) is 0 Å². The van der Waals surface area contributed by atoms with Gasteiger partial charge in [-0.25, -0.2) is 9.97 Å². The summed E-state index contributed by atoms with van der Waals surface area (Å²) in [6.07, 6.45) is 1.76. The third-order valence-corrected chi connectivity index (χ3v) is 2.43. The van der Waals surface area contributed by atoms with Gasteiger partial charge in [0.25, 0.3) is 0 Å². The van der Waals surface area contributed by atoms with Crippen LogP contribution in [0.1, 0.15) is 13.8 Å². The summed E-state index contributed by atoms with van der Waals surface area (Å²) < 4.78 is 0. The van der Waals surface area contributed by atoms with Gasteiger partial charge in [-0.2, -0.15) is 5.10 Å². The van der Waals surface area contributed by atoms with Gasteiger partial charge < -0.3 is 0 Å². The van der Waals surface area contributed by atoms with E-state index < -0.39 is 0 Å². The number of anilines is 1. The quantitative estimate of drug-likeness (QED) is 0.606. The summed E-state index contributed by atoms with van der Waals surface area (Å²) in [5.41, 5.74) is 4.76. The van der Waals surface area contributed by atoms with Crippen molar-refractivity contribution in [1.82, 2.24) is 9.97 Å². The molecule has 0 atom stereocenters. The molecule has 1 N–H and O–H groups in total. The Morgan fingerprint density at radius 3 is 3.07 bits per heavy atom. The first-order chi connectivity index (χ1) is 6.75. The zero-order chi connectivity index (χ0) is 9.97. The number of aromatic nitrogens is 2. The number of fused-ring (bicyclic) bond motifs is 1. The van der Waals surface area contributed by atoms with E-state index in [-0.39, 0.29) is 0 Å². The molecule has 14 heavy (non-hydrogen) atoms. The Morgan fingerprint density at radius 2 is 2.36 bits per heavy atom. The summed E-state index contributed by atoms with van der Waals surface area (Å²) >= 11 is 1.50. The van der Waals surface area contributed by atoms with Crippen LogP contribution >= 0.6 is 11.3 Å². The van der Waals surface area contributed by atoms with Crippen LogP contribution in [0.2, 0.25) is 0 Å². The molecule has 2 heterocycles. The molecule has 2 aromatic rings. The maximum Gasteiger partial charge on any atom is 0.205 e. The van der Waals surface area contributed by atoms with E-state index in [2.05, 4.69) is 20.5 Å². The van der Waals surface area contributed by atoms with Gasteiger partial charge in [0.2, 0.25) is 5.13 Å². The Kier molecular flexibility index (Phi) is 2.41. The minimum absolute atomic E-state index is 0.778. The lowest BCUT2D eigenvalue weighted by atomic mass is 10.5. The Labute approximate surface area is 85.7 Å². The highest BCUT2D eigenvalue weighted by Crippen LogP contribution is 2.23. The standard InChI is InChI=1S/C9H10N4S/c1-6(2)12-13-9-11-7-4-3-5-10-8(7)14-9/h3-5H,1-2H3,(H,11,13). The van der Waals surface area contributed by atoms with Crippen molar-refractivity contribution in [2.45, 2.75) is 13.8 Å². The molecule has 5 heteroatoms. The van der Waals surface area contributed by atoms with E-state index >= 15 is 0 Å². The van der Waals surface area contributed by atoms with Crippen molar-refractivity contribution in [2.75, 3.05) is 5.43 Å². The molecule has 0 spiro atoms. The molecular weight excluding hydrogens is 196 g/mol. The minimum Gasteiger partial charge on any atom is -0.253 e. The zero-order valence-electron chi connectivity index (χ0n) is 7.98. The zero-order valence-corrected chi connectivity index (χ0v) is 8.80. The molecule has 0 aliphatic carbocycles. The number of nitrogens with zero attached hydrogens (tertiary/aromatic N) is 3. The monoisotopic (exact) mass is 206 g/mol. The molecule has 0 aliphatic heterocycles. The number of thiazole rings is 1. The van der Waals surface area contributed by atoms with Crippen molar-refractivity contribution in [2.24, 2.45) is 5.10 Å². The number of hydrogen-bond donors (Lipinski definition) is 1. The van der Waals surface area contributed by atoms with Gasteiger partial charge in [0.05, 0.1) is 0 Å². The number of hydrazone groups is 1. The van der Waals surface area contributed by atoms with E-state index in [4.69, 9.17) is 0 Å². The molecule has 0 bridgehead atoms. The van der Waals surface area contributed by atoms with E-state index in [1.165, 1.54) is 11.3 Å². The maximum atomic E-state index is 4.32. The van der Waals surface area contributed by atoms with Crippen LogP contribution in [0.25, 0.3) is 10.3 Å². The Hall–Kier alpha value is -1.49. The average Bonchev–Trinajstić information content (AvgIpc) is 2.57. The summed E-state index contributed by atoms with van der Waals surface area (Å²) in [4.78, 5) is 9.45. The normalized spacial score (nSPS) is 10.1. The predicted molar refractivity (Wildman–Crippen MR) is 59.8 cm³/mol. The average molecular weight is 206 g/mol. The van der Waals surface area contributed by atoms with Crippen LogP contribution in [0.4, 0.5) is 5.13 Å². The summed E-state index contributed by atoms with van der Waals surface area (Å²) in [6.45, 7) is 3.86. The van der Waals surface area contributed by atoms with E-state index in [0.717, 1.165) is 21.2 Å². The van der Waals surface area contributed by atoms with E-state index in [9.17, 15) is 0 Å². The molecule has 0 saturated heterocycles. The highest BCUT2D eigenvalue weighted by molar-refractivity contribution is 7.21. The number of hydrogen-bond acceptors (Lipinski definition) is 5. The Balaban J connectivity index is 2.31. The predicted octanol–water partition coefficient (Wildman–Crippen LogP) is 2.50. The third kappa shape index (κ3) is 1.88. The van der Waals surface area contributed by atoms with Crippen LogP contribution in [-0.2, 0) is 0 Å². The van der Waals surface area contributed by atoms with Gasteiger partial charge in [0.15, 0.2) is 0 Å². The lowest BCUT2D eigenvalue weighted by molar-refractivity contribution is 1.28. The van der Waals surface area contributed by atoms with Crippen molar-refractivity contribution >= 4 is 32.5 Å². The van der Waals surface area contributed by atoms with Crippen LogP contribution in [0.5, 0.6) is 0 Å². The molecule has 4 nitrogen and oxygen atoms in total. The number of pyridine rings is 1. The van der Waals surface area contributed by atoms with Crippen molar-refractivity contribution in [3.05, 3.63) is 18.3 Å². The van der Waals surface area contributed by atoms with Crippen molar-refractivity contribution in [1.29, 1.82) is 0 Å². The van der Waals surface area contributed by atoms with Crippen molar-refractivity contribution in [3.8, 4) is 0 Å². The first-order valence-electron chi connectivity index (χ1n) is 4.24. The molecule has 0 fully saturated rings. The smallest absolute Gasteiger partial charge is 0.205 e. The first kappa shape index (κ1) is 9.08. The molecule has 0 aliphatic rings. The fourth-order valence-electron chi connectivity index (χ4n) is 0.977. The van der Waals surface area contributed by atoms with Gasteiger partial charge in [0, 0.05) is 11.9 Å². The summed E-state index contributed by atoms with van der Waals surface area (Å²) in [6, 6.07) is 3.81. The van der Waals surface area contributed by atoms with Gasteiger partial charge >= 0.3 is 0 Å². The van der Waals surface area contributed by atoms with Gasteiger partial charge in [0.1, 0.15) is 10.3 Å². The topological polar surface area (TPSA) is 50.2 Å². The molecule has 0 aromatic carbocycles. The highest BCUT2D eigenvalue weighted by Gasteiger charge is 2.01. The second-order valence-electron chi connectivity index (χ2n) is 3.02. The van der Waals surface area contributed by atoms with Crippen LogP contribution in [0, 0.1) is 0 Å². The van der Waals surface area contributed by atoms with E-state index in [0.29, 0.717) is 0 Å². The van der Waals surface area contributed by atoms with Crippen molar-refractivity contribution < 1.29 is 0 Å². The first-order valence-corrected chi connectivity index (χ1v) is 5.06. The van der Waals surface area contributed by atoms with E-state index in [1.54, 1.807) is 6.20 Å². The van der Waals surface area contributed by atoms with E-state index in [1.807, 2.05) is 26.0 Å². The van der Waals surface area contributed by atoms with Crippen LogP contribution < -0.4 is 5.43 Å². The Bertz CT molecular complexity index is 437. The summed E-state index contributed by atoms with van der Waals surface area (Å²) in [5.74, 6) is 0. The number of nitrogens with one attached hydrogen (secondary N) is 1. The summed E-state index contributed by atoms with van der Waals surface area (Å²) in [7, 11) is 0. The second kappa shape index (κ2) is 3.71. The molecular formula is C9H10N4S. The van der Waals surface area contributed by atoms with Gasteiger partial charge in [-0.05, 0) is 26.0 Å². The second-order valence-corrected chi connectivity index (χ2v) is 4.00. The molecule has 0 radical (unpaired) electrons. The molecule has 0 amide bonds. The molecule has 2 aromatic heterocycles. The van der Waals surface area contributed by atoms with Crippen molar-refractivity contribution in [3.63, 3.8) is 0 Å². The van der Waals surface area contributed by atoms with Gasteiger partial charge in [-0.3, -0.25) is 5.43 Å². The number of rotatable bonds is 2. The van der Waals surface area contributed by atoms with Gasteiger partial charge in [-0.1, -0.05) is 11.3 Å². The minimum atomic E-state index is 0.778. The van der Waals surface area contributed by atoms with Crippen LogP contribution in [0.3, 0.4) is 0 Å². The SMILES string of the molecule is CC(C)=NNc1nc2cccnc2s1. The van der Waals surface area contributed by atoms with Crippen LogP contribution in [0.15, 0.2) is 23.4 Å². The largest absolute Gasteiger partial charge is 0.253 e. The highest BCUT2D eigenvalue weighted by atomic mass is 32.1.